The van der Waals surface area contributed by atoms with E-state index in [1.807, 2.05) is 0 Å². The average molecular weight is 292 g/mol. The van der Waals surface area contributed by atoms with E-state index >= 15 is 0 Å². The van der Waals surface area contributed by atoms with Gasteiger partial charge in [-0.25, -0.2) is 13.2 Å². The van der Waals surface area contributed by atoms with Gasteiger partial charge in [-0.05, 0) is 26.0 Å². The van der Waals surface area contributed by atoms with Crippen molar-refractivity contribution in [3.63, 3.8) is 0 Å². The molecular formula is C11H14ClNO4S. The number of hydrogen-bond acceptors (Lipinski definition) is 5. The highest BCUT2D eigenvalue weighted by atomic mass is 35.5. The van der Waals surface area contributed by atoms with Crippen LogP contribution in [0.3, 0.4) is 0 Å². The summed E-state index contributed by atoms with van der Waals surface area (Å²) in [6.45, 7) is 3.34. The van der Waals surface area contributed by atoms with E-state index in [-0.39, 0.29) is 27.3 Å². The van der Waals surface area contributed by atoms with Crippen LogP contribution in [0, 0.1) is 0 Å². The van der Waals surface area contributed by atoms with Crippen molar-refractivity contribution in [3.8, 4) is 0 Å². The molecule has 1 aromatic rings. The number of carbonyl (C=O) groups excluding carboxylic acids is 1. The fourth-order valence-corrected chi connectivity index (χ4v) is 2.75. The van der Waals surface area contributed by atoms with Gasteiger partial charge >= 0.3 is 5.97 Å². The Morgan fingerprint density at radius 2 is 1.94 bits per heavy atom. The summed E-state index contributed by atoms with van der Waals surface area (Å²) in [5.74, 6) is -0.738. The van der Waals surface area contributed by atoms with Crippen LogP contribution < -0.4 is 5.73 Å². The highest BCUT2D eigenvalue weighted by molar-refractivity contribution is 7.90. The Balaban J connectivity index is 3.41. The number of halogens is 1. The summed E-state index contributed by atoms with van der Waals surface area (Å²) < 4.78 is 27.9. The van der Waals surface area contributed by atoms with E-state index in [4.69, 9.17) is 22.1 Å². The Kier molecular flexibility index (Phi) is 4.24. The van der Waals surface area contributed by atoms with E-state index < -0.39 is 15.8 Å². The number of ether oxygens (including phenoxy) is 1. The van der Waals surface area contributed by atoms with Crippen molar-refractivity contribution in [1.82, 2.24) is 0 Å². The summed E-state index contributed by atoms with van der Waals surface area (Å²) in [7, 11) is -3.53. The van der Waals surface area contributed by atoms with Gasteiger partial charge in [0, 0.05) is 11.9 Å². The van der Waals surface area contributed by atoms with Crippen molar-refractivity contribution in [2.75, 3.05) is 12.0 Å². The Hall–Kier alpha value is -1.27. The lowest BCUT2D eigenvalue weighted by Gasteiger charge is -2.13. The van der Waals surface area contributed by atoms with Gasteiger partial charge in [-0.3, -0.25) is 0 Å². The van der Waals surface area contributed by atoms with Crippen LogP contribution in [-0.4, -0.2) is 26.7 Å². The first-order valence-corrected chi connectivity index (χ1v) is 7.40. The highest BCUT2D eigenvalue weighted by Crippen LogP contribution is 2.30. The van der Waals surface area contributed by atoms with Crippen molar-refractivity contribution in [2.45, 2.75) is 24.8 Å². The molecule has 0 aliphatic carbocycles. The fraction of sp³-hybridized carbons (Fsp3) is 0.364. The number of esters is 1. The van der Waals surface area contributed by atoms with E-state index in [1.165, 1.54) is 12.1 Å². The third-order valence-corrected chi connectivity index (χ3v) is 3.73. The molecule has 0 bridgehead atoms. The molecule has 0 atom stereocenters. The summed E-state index contributed by atoms with van der Waals surface area (Å²) in [5.41, 5.74) is 5.59. The minimum absolute atomic E-state index is 0.0815. The molecule has 0 radical (unpaired) electrons. The van der Waals surface area contributed by atoms with Gasteiger partial charge in [-0.1, -0.05) is 11.6 Å². The van der Waals surface area contributed by atoms with Gasteiger partial charge in [0.15, 0.2) is 9.84 Å². The summed E-state index contributed by atoms with van der Waals surface area (Å²) in [4.78, 5) is 11.7. The Morgan fingerprint density at radius 3 is 2.39 bits per heavy atom. The first-order valence-electron chi connectivity index (χ1n) is 5.13. The molecule has 0 spiro atoms. The van der Waals surface area contributed by atoms with Crippen LogP contribution in [-0.2, 0) is 14.6 Å². The fourth-order valence-electron chi connectivity index (χ4n) is 1.34. The zero-order chi connectivity index (χ0) is 14.1. The van der Waals surface area contributed by atoms with Crippen LogP contribution in [0.25, 0.3) is 0 Å². The topological polar surface area (TPSA) is 86.5 Å². The molecular weight excluding hydrogens is 278 g/mol. The average Bonchev–Trinajstić information content (AvgIpc) is 2.13. The van der Waals surface area contributed by atoms with E-state index in [9.17, 15) is 13.2 Å². The lowest BCUT2D eigenvalue weighted by Crippen LogP contribution is -2.15. The zero-order valence-corrected chi connectivity index (χ0v) is 11.8. The number of anilines is 1. The van der Waals surface area contributed by atoms with Crippen LogP contribution in [0.5, 0.6) is 0 Å². The Bertz CT molecular complexity index is 581. The summed E-state index contributed by atoms with van der Waals surface area (Å²) in [6.07, 6.45) is 0.650. The summed E-state index contributed by atoms with van der Waals surface area (Å²) in [6, 6.07) is 2.58. The number of benzene rings is 1. The van der Waals surface area contributed by atoms with Gasteiger partial charge in [0.2, 0.25) is 0 Å². The number of nitrogens with two attached hydrogens (primary N) is 1. The molecule has 0 aliphatic heterocycles. The first kappa shape index (κ1) is 14.8. The van der Waals surface area contributed by atoms with E-state index in [0.29, 0.717) is 0 Å². The molecule has 0 unspecified atom stereocenters. The van der Waals surface area contributed by atoms with Crippen molar-refractivity contribution < 1.29 is 17.9 Å². The van der Waals surface area contributed by atoms with Crippen LogP contribution >= 0.6 is 11.6 Å². The van der Waals surface area contributed by atoms with Gasteiger partial charge in [-0.15, -0.1) is 0 Å². The number of hydrogen-bond donors (Lipinski definition) is 1. The van der Waals surface area contributed by atoms with Crippen molar-refractivity contribution in [2.24, 2.45) is 0 Å². The van der Waals surface area contributed by atoms with E-state index in [1.54, 1.807) is 13.8 Å². The second kappa shape index (κ2) is 5.16. The van der Waals surface area contributed by atoms with E-state index in [0.717, 1.165) is 6.26 Å². The molecule has 0 heterocycles. The molecule has 0 aromatic heterocycles. The lowest BCUT2D eigenvalue weighted by atomic mass is 10.2. The lowest BCUT2D eigenvalue weighted by molar-refractivity contribution is 0.0379. The maximum absolute atomic E-state index is 11.8. The molecule has 100 valence electrons. The number of carbonyl (C=O) groups is 1. The second-order valence-corrected chi connectivity index (χ2v) is 6.43. The molecule has 7 heteroatoms. The standard InChI is InChI=1S/C11H14ClNO4S/c1-6(2)17-11(14)9-7(13)4-5-8(10(9)12)18(3,15)16/h4-6H,13H2,1-3H3. The van der Waals surface area contributed by atoms with Crippen LogP contribution in [0.15, 0.2) is 17.0 Å². The number of rotatable bonds is 3. The van der Waals surface area contributed by atoms with Crippen LogP contribution in [0.2, 0.25) is 5.02 Å². The molecule has 2 N–H and O–H groups in total. The van der Waals surface area contributed by atoms with Crippen molar-refractivity contribution in [3.05, 3.63) is 22.7 Å². The second-order valence-electron chi connectivity index (χ2n) is 4.07. The minimum Gasteiger partial charge on any atom is -0.459 e. The van der Waals surface area contributed by atoms with E-state index in [2.05, 4.69) is 0 Å². The van der Waals surface area contributed by atoms with Gasteiger partial charge in [0.25, 0.3) is 0 Å². The number of sulfone groups is 1. The molecule has 1 rings (SSSR count). The monoisotopic (exact) mass is 291 g/mol. The van der Waals surface area contributed by atoms with Crippen molar-refractivity contribution >= 4 is 33.1 Å². The zero-order valence-electron chi connectivity index (χ0n) is 10.2. The molecule has 5 nitrogen and oxygen atoms in total. The predicted molar refractivity (Wildman–Crippen MR) is 69.5 cm³/mol. The quantitative estimate of drug-likeness (QED) is 0.679. The molecule has 0 saturated carbocycles. The molecule has 0 aliphatic rings. The normalized spacial score (nSPS) is 11.6. The van der Waals surface area contributed by atoms with Gasteiger partial charge in [0.1, 0.15) is 5.56 Å². The predicted octanol–water partition coefficient (Wildman–Crippen LogP) is 1.89. The van der Waals surface area contributed by atoms with Gasteiger partial charge in [-0.2, -0.15) is 0 Å². The number of nitrogen functional groups attached to an aromatic ring is 1. The van der Waals surface area contributed by atoms with Gasteiger partial charge in [0.05, 0.1) is 16.0 Å². The Morgan fingerprint density at radius 1 is 1.39 bits per heavy atom. The van der Waals surface area contributed by atoms with Crippen LogP contribution in [0.4, 0.5) is 5.69 Å². The first-order chi connectivity index (χ1) is 8.14. The molecule has 0 amide bonds. The summed E-state index contributed by atoms with van der Waals surface area (Å²) in [5, 5.41) is -0.205. The van der Waals surface area contributed by atoms with Crippen molar-refractivity contribution in [1.29, 1.82) is 0 Å². The maximum Gasteiger partial charge on any atom is 0.342 e. The summed E-state index contributed by atoms with van der Waals surface area (Å²) >= 11 is 5.92. The smallest absolute Gasteiger partial charge is 0.342 e. The third-order valence-electron chi connectivity index (χ3n) is 2.09. The largest absolute Gasteiger partial charge is 0.459 e. The molecule has 1 aromatic carbocycles. The molecule has 0 fully saturated rings. The minimum atomic E-state index is -3.53. The SMILES string of the molecule is CC(C)OC(=O)c1c(N)ccc(S(C)(=O)=O)c1Cl. The highest BCUT2D eigenvalue weighted by Gasteiger charge is 2.23. The maximum atomic E-state index is 11.8. The Labute approximate surface area is 111 Å². The van der Waals surface area contributed by atoms with Crippen LogP contribution in [0.1, 0.15) is 24.2 Å². The molecule has 0 saturated heterocycles. The third kappa shape index (κ3) is 3.14. The van der Waals surface area contributed by atoms with Gasteiger partial charge < -0.3 is 10.5 Å². The molecule has 18 heavy (non-hydrogen) atoms.